The molecule has 0 bridgehead atoms. The predicted octanol–water partition coefficient (Wildman–Crippen LogP) is -3.39. The number of aliphatic hydroxyl groups is 4. The molecule has 0 aromatic carbocycles. The fourth-order valence-corrected chi connectivity index (χ4v) is 2.41. The quantitative estimate of drug-likeness (QED) is 0.320. The molecule has 0 unspecified atom stereocenters. The average Bonchev–Trinajstić information content (AvgIpc) is 2.59. The van der Waals surface area contributed by atoms with E-state index >= 15 is 0 Å². The molecule has 1 aliphatic heterocycles. The summed E-state index contributed by atoms with van der Waals surface area (Å²) >= 11 is 0. The maximum atomic E-state index is 11.8. The Bertz CT molecular complexity index is 813. The summed E-state index contributed by atoms with van der Waals surface area (Å²) in [7, 11) is 0. The first-order chi connectivity index (χ1) is 11.9. The number of nitrogens with one attached hydrogen (secondary N) is 1. The van der Waals surface area contributed by atoms with E-state index in [4.69, 9.17) is 20.3 Å². The maximum absolute atomic E-state index is 11.8. The first-order valence-electron chi connectivity index (χ1n) is 7.34. The third-order valence-electron chi connectivity index (χ3n) is 3.73. The fraction of sp³-hybridized carbons (Fsp3) is 0.538. The molecule has 7 N–H and O–H groups in total. The lowest BCUT2D eigenvalue weighted by molar-refractivity contribution is -0.304. The second kappa shape index (κ2) is 6.95. The zero-order valence-electron chi connectivity index (χ0n) is 12.8. The molecule has 0 saturated carbocycles. The number of nitrogens with two attached hydrogens (primary N) is 1. The van der Waals surface area contributed by atoms with Gasteiger partial charge in [-0.15, -0.1) is 0 Å². The monoisotopic (exact) mass is 355 g/mol. The number of ether oxygens (including phenoxy) is 2. The van der Waals surface area contributed by atoms with Gasteiger partial charge in [0.25, 0.3) is 5.56 Å². The Morgan fingerprint density at radius 2 is 2.00 bits per heavy atom. The third kappa shape index (κ3) is 3.44. The van der Waals surface area contributed by atoms with E-state index in [1.165, 1.54) is 6.20 Å². The first kappa shape index (κ1) is 17.6. The summed E-state index contributed by atoms with van der Waals surface area (Å²) in [6.45, 7) is -0.779. The molecule has 2 aromatic heterocycles. The lowest BCUT2D eigenvalue weighted by Crippen LogP contribution is -2.59. The molecule has 136 valence electrons. The minimum Gasteiger partial charge on any atom is -0.394 e. The van der Waals surface area contributed by atoms with Crippen molar-refractivity contribution in [2.75, 3.05) is 12.3 Å². The summed E-state index contributed by atoms with van der Waals surface area (Å²) in [4.78, 5) is 25.9. The van der Waals surface area contributed by atoms with Crippen molar-refractivity contribution in [3.63, 3.8) is 0 Å². The minimum absolute atomic E-state index is 0.0379. The highest BCUT2D eigenvalue weighted by Crippen LogP contribution is 2.22. The number of rotatable bonds is 4. The number of aliphatic hydroxyl groups excluding tert-OH is 4. The lowest BCUT2D eigenvalue weighted by atomic mass is 9.99. The van der Waals surface area contributed by atoms with Crippen molar-refractivity contribution < 1.29 is 29.9 Å². The Morgan fingerprint density at radius 1 is 1.24 bits per heavy atom. The van der Waals surface area contributed by atoms with Gasteiger partial charge in [0, 0.05) is 0 Å². The largest absolute Gasteiger partial charge is 0.394 e. The standard InChI is InChI=1S/C13H17N5O7/c14-13-17-10-6(11(23)18-13)16-4(1-15-10)3-24-12-9(22)8(21)7(20)5(2-19)25-12/h1,5,7-9,12,19-22H,2-3H2,(H3,14,15,17,18,23)/t5-,7-,8+,9-,12+/m1/s1. The number of nitrogens with zero attached hydrogens (tertiary/aromatic N) is 3. The van der Waals surface area contributed by atoms with Gasteiger partial charge in [-0.3, -0.25) is 9.78 Å². The second-order valence-corrected chi connectivity index (χ2v) is 5.49. The van der Waals surface area contributed by atoms with Crippen LogP contribution in [-0.4, -0.2) is 77.7 Å². The molecule has 1 fully saturated rings. The average molecular weight is 355 g/mol. The van der Waals surface area contributed by atoms with Gasteiger partial charge >= 0.3 is 0 Å². The van der Waals surface area contributed by atoms with Crippen LogP contribution in [-0.2, 0) is 16.1 Å². The van der Waals surface area contributed by atoms with Gasteiger partial charge in [0.1, 0.15) is 24.4 Å². The zero-order chi connectivity index (χ0) is 18.1. The molecule has 3 rings (SSSR count). The molecule has 5 atom stereocenters. The van der Waals surface area contributed by atoms with Crippen LogP contribution in [0.3, 0.4) is 0 Å². The van der Waals surface area contributed by atoms with Gasteiger partial charge in [0.05, 0.1) is 25.1 Å². The highest BCUT2D eigenvalue weighted by molar-refractivity contribution is 5.69. The van der Waals surface area contributed by atoms with Crippen molar-refractivity contribution >= 4 is 17.1 Å². The molecular weight excluding hydrogens is 338 g/mol. The molecule has 0 radical (unpaired) electrons. The molecule has 3 heterocycles. The molecular formula is C13H17N5O7. The highest BCUT2D eigenvalue weighted by Gasteiger charge is 2.44. The van der Waals surface area contributed by atoms with E-state index in [-0.39, 0.29) is 29.4 Å². The van der Waals surface area contributed by atoms with E-state index in [2.05, 4.69) is 19.9 Å². The molecule has 0 amide bonds. The maximum Gasteiger partial charge on any atom is 0.280 e. The van der Waals surface area contributed by atoms with Gasteiger partial charge in [-0.05, 0) is 0 Å². The van der Waals surface area contributed by atoms with E-state index in [0.29, 0.717) is 0 Å². The number of hydrogen-bond acceptors (Lipinski definition) is 11. The Balaban J connectivity index is 1.75. The van der Waals surface area contributed by atoms with Crippen LogP contribution in [0.5, 0.6) is 0 Å². The first-order valence-corrected chi connectivity index (χ1v) is 7.34. The summed E-state index contributed by atoms with van der Waals surface area (Å²) in [5, 5.41) is 38.4. The normalized spacial score (nSPS) is 29.8. The van der Waals surface area contributed by atoms with Crippen LogP contribution in [0.2, 0.25) is 0 Å². The van der Waals surface area contributed by atoms with Gasteiger partial charge < -0.3 is 35.6 Å². The van der Waals surface area contributed by atoms with Crippen molar-refractivity contribution in [1.82, 2.24) is 19.9 Å². The van der Waals surface area contributed by atoms with Gasteiger partial charge in [-0.2, -0.15) is 4.98 Å². The van der Waals surface area contributed by atoms with E-state index in [1.54, 1.807) is 0 Å². The number of aromatic nitrogens is 4. The fourth-order valence-electron chi connectivity index (χ4n) is 2.41. The van der Waals surface area contributed by atoms with Crippen LogP contribution in [0.1, 0.15) is 5.69 Å². The topological polar surface area (TPSA) is 197 Å². The molecule has 0 aliphatic carbocycles. The molecule has 1 saturated heterocycles. The Hall–Kier alpha value is -2.22. The molecule has 1 aliphatic rings. The summed E-state index contributed by atoms with van der Waals surface area (Å²) in [6, 6.07) is 0. The van der Waals surface area contributed by atoms with Crippen molar-refractivity contribution in [3.05, 3.63) is 22.2 Å². The number of anilines is 1. The summed E-state index contributed by atoms with van der Waals surface area (Å²) in [6.07, 6.45) is -5.64. The number of nitrogen functional groups attached to an aromatic ring is 1. The van der Waals surface area contributed by atoms with Crippen LogP contribution < -0.4 is 11.3 Å². The van der Waals surface area contributed by atoms with Crippen LogP contribution in [0.15, 0.2) is 11.0 Å². The molecule has 25 heavy (non-hydrogen) atoms. The smallest absolute Gasteiger partial charge is 0.280 e. The van der Waals surface area contributed by atoms with Crippen LogP contribution in [0.4, 0.5) is 5.95 Å². The number of fused-ring (bicyclic) bond motifs is 1. The van der Waals surface area contributed by atoms with Gasteiger partial charge in [-0.25, -0.2) is 9.97 Å². The van der Waals surface area contributed by atoms with Crippen molar-refractivity contribution in [3.8, 4) is 0 Å². The van der Waals surface area contributed by atoms with E-state index in [0.717, 1.165) is 0 Å². The van der Waals surface area contributed by atoms with Gasteiger partial charge in [0.15, 0.2) is 17.5 Å². The highest BCUT2D eigenvalue weighted by atomic mass is 16.7. The Morgan fingerprint density at radius 3 is 2.72 bits per heavy atom. The molecule has 2 aromatic rings. The molecule has 12 nitrogen and oxygen atoms in total. The van der Waals surface area contributed by atoms with Crippen LogP contribution in [0.25, 0.3) is 11.2 Å². The van der Waals surface area contributed by atoms with Gasteiger partial charge in [0.2, 0.25) is 5.95 Å². The third-order valence-corrected chi connectivity index (χ3v) is 3.73. The van der Waals surface area contributed by atoms with Crippen molar-refractivity contribution in [1.29, 1.82) is 0 Å². The Labute approximate surface area is 139 Å². The van der Waals surface area contributed by atoms with Crippen LogP contribution >= 0.6 is 0 Å². The molecule has 0 spiro atoms. The second-order valence-electron chi connectivity index (χ2n) is 5.49. The van der Waals surface area contributed by atoms with Crippen molar-refractivity contribution in [2.45, 2.75) is 37.3 Å². The summed E-state index contributed by atoms with van der Waals surface area (Å²) in [5.74, 6) is -0.0860. The van der Waals surface area contributed by atoms with Gasteiger partial charge in [-0.1, -0.05) is 0 Å². The summed E-state index contributed by atoms with van der Waals surface area (Å²) < 4.78 is 10.5. The van der Waals surface area contributed by atoms with Crippen molar-refractivity contribution in [2.24, 2.45) is 0 Å². The van der Waals surface area contributed by atoms with E-state index < -0.39 is 42.9 Å². The zero-order valence-corrected chi connectivity index (χ0v) is 12.8. The predicted molar refractivity (Wildman–Crippen MR) is 80.9 cm³/mol. The number of hydrogen-bond donors (Lipinski definition) is 6. The number of aromatic amines is 1. The van der Waals surface area contributed by atoms with Crippen LogP contribution in [0, 0.1) is 0 Å². The lowest BCUT2D eigenvalue weighted by Gasteiger charge is -2.39. The molecule has 12 heteroatoms. The van der Waals surface area contributed by atoms with E-state index in [1.807, 2.05) is 0 Å². The minimum atomic E-state index is -1.55. The SMILES string of the molecule is Nc1nc2ncc(CO[C@H]3O[C@H](CO)[C@@H](O)[C@H](O)[C@H]3O)nc2c(=O)[nH]1. The summed E-state index contributed by atoms with van der Waals surface area (Å²) in [5.41, 5.74) is 5.12. The number of H-pyrrole nitrogens is 1. The Kier molecular flexibility index (Phi) is 4.89. The van der Waals surface area contributed by atoms with E-state index in [9.17, 15) is 20.1 Å².